The predicted octanol–water partition coefficient (Wildman–Crippen LogP) is 2.64. The summed E-state index contributed by atoms with van der Waals surface area (Å²) in [6.07, 6.45) is 5.49. The van der Waals surface area contributed by atoms with E-state index < -0.39 is 0 Å². The second-order valence-electron chi connectivity index (χ2n) is 3.09. The van der Waals surface area contributed by atoms with Crippen LogP contribution < -0.4 is 0 Å². The molecule has 0 radical (unpaired) electrons. The lowest BCUT2D eigenvalue weighted by Crippen LogP contribution is -2.25. The van der Waals surface area contributed by atoms with Gasteiger partial charge in [-0.25, -0.2) is 5.01 Å². The standard InChI is InChI=1S/C9H15N3OS2/c1-3-4-5-6-12-9(14-2)13-8(11-12)15-7-10/h9H,3-6H2,1-2H3. The molecule has 1 aliphatic rings. The van der Waals surface area contributed by atoms with Crippen LogP contribution in [0, 0.1) is 10.7 Å². The summed E-state index contributed by atoms with van der Waals surface area (Å²) in [5.41, 5.74) is -0.0577. The highest BCUT2D eigenvalue weighted by Crippen LogP contribution is 2.25. The number of thioether (sulfide) groups is 2. The topological polar surface area (TPSA) is 48.6 Å². The molecule has 0 aromatic carbocycles. The summed E-state index contributed by atoms with van der Waals surface area (Å²) >= 11 is 2.57. The Labute approximate surface area is 99.0 Å². The van der Waals surface area contributed by atoms with Gasteiger partial charge >= 0.3 is 0 Å². The first-order valence-corrected chi connectivity index (χ1v) is 7.03. The molecule has 0 aromatic rings. The summed E-state index contributed by atoms with van der Waals surface area (Å²) in [5.74, 6) is 0. The SMILES string of the molecule is CCCCCN1N=C(SC#N)OC1SC. The van der Waals surface area contributed by atoms with Gasteiger partial charge in [0.2, 0.25) is 5.56 Å². The molecule has 1 unspecified atom stereocenters. The largest absolute Gasteiger partial charge is 0.436 e. The van der Waals surface area contributed by atoms with Crippen LogP contribution in [0.3, 0.4) is 0 Å². The molecule has 1 rings (SSSR count). The second-order valence-corrected chi connectivity index (χ2v) is 4.70. The fourth-order valence-electron chi connectivity index (χ4n) is 1.26. The first-order chi connectivity index (χ1) is 7.31. The third-order valence-electron chi connectivity index (χ3n) is 1.98. The van der Waals surface area contributed by atoms with E-state index in [2.05, 4.69) is 12.0 Å². The highest BCUT2D eigenvalue weighted by atomic mass is 32.2. The van der Waals surface area contributed by atoms with Crippen molar-refractivity contribution in [3.63, 3.8) is 0 Å². The summed E-state index contributed by atoms with van der Waals surface area (Å²) < 4.78 is 5.47. The minimum atomic E-state index is -0.0577. The van der Waals surface area contributed by atoms with E-state index in [1.807, 2.05) is 16.7 Å². The lowest BCUT2D eigenvalue weighted by molar-refractivity contribution is 0.135. The molecular weight excluding hydrogens is 230 g/mol. The van der Waals surface area contributed by atoms with Crippen molar-refractivity contribution < 1.29 is 4.74 Å². The summed E-state index contributed by atoms with van der Waals surface area (Å²) in [6.45, 7) is 3.07. The smallest absolute Gasteiger partial charge is 0.285 e. The van der Waals surface area contributed by atoms with Crippen LogP contribution in [0.4, 0.5) is 0 Å². The molecule has 0 aliphatic carbocycles. The zero-order valence-electron chi connectivity index (χ0n) is 8.97. The summed E-state index contributed by atoms with van der Waals surface area (Å²) in [4.78, 5) is 0. The number of nitriles is 1. The molecule has 0 spiro atoms. The highest BCUT2D eigenvalue weighted by molar-refractivity contribution is 8.17. The van der Waals surface area contributed by atoms with Crippen molar-refractivity contribution in [2.24, 2.45) is 5.10 Å². The van der Waals surface area contributed by atoms with E-state index in [4.69, 9.17) is 10.00 Å². The van der Waals surface area contributed by atoms with Gasteiger partial charge in [-0.15, -0.1) is 5.10 Å². The van der Waals surface area contributed by atoms with E-state index in [0.717, 1.165) is 24.7 Å². The summed E-state index contributed by atoms with van der Waals surface area (Å²) in [6, 6.07) is 0. The van der Waals surface area contributed by atoms with Gasteiger partial charge in [-0.05, 0) is 12.7 Å². The van der Waals surface area contributed by atoms with Gasteiger partial charge in [0.1, 0.15) is 5.40 Å². The average molecular weight is 245 g/mol. The molecule has 0 N–H and O–H groups in total. The zero-order valence-corrected chi connectivity index (χ0v) is 10.6. The van der Waals surface area contributed by atoms with Crippen LogP contribution in [0.15, 0.2) is 5.10 Å². The fraction of sp³-hybridized carbons (Fsp3) is 0.778. The van der Waals surface area contributed by atoms with E-state index >= 15 is 0 Å². The van der Waals surface area contributed by atoms with E-state index in [9.17, 15) is 0 Å². The molecule has 0 fully saturated rings. The Bertz CT molecular complexity index is 265. The van der Waals surface area contributed by atoms with Crippen molar-refractivity contribution in [2.75, 3.05) is 12.8 Å². The maximum Gasteiger partial charge on any atom is 0.285 e. The first-order valence-electron chi connectivity index (χ1n) is 4.92. The molecule has 0 amide bonds. The van der Waals surface area contributed by atoms with Crippen LogP contribution in [0.2, 0.25) is 0 Å². The molecular formula is C9H15N3OS2. The molecule has 0 aromatic heterocycles. The van der Waals surface area contributed by atoms with Crippen LogP contribution in [0.5, 0.6) is 0 Å². The minimum absolute atomic E-state index is 0.0577. The van der Waals surface area contributed by atoms with Crippen LogP contribution in [0.25, 0.3) is 0 Å². The Hall–Kier alpha value is -0.540. The van der Waals surface area contributed by atoms with E-state index in [0.29, 0.717) is 5.23 Å². The van der Waals surface area contributed by atoms with Crippen LogP contribution >= 0.6 is 23.5 Å². The Morgan fingerprint density at radius 2 is 2.40 bits per heavy atom. The van der Waals surface area contributed by atoms with E-state index in [-0.39, 0.29) is 5.56 Å². The van der Waals surface area contributed by atoms with E-state index in [1.165, 1.54) is 12.8 Å². The molecule has 0 saturated heterocycles. The lowest BCUT2D eigenvalue weighted by Gasteiger charge is -2.19. The summed E-state index contributed by atoms with van der Waals surface area (Å²) in [7, 11) is 0. The maximum atomic E-state index is 8.51. The van der Waals surface area contributed by atoms with Gasteiger partial charge in [0, 0.05) is 6.54 Å². The number of hydrogen-bond acceptors (Lipinski definition) is 6. The molecule has 0 saturated carbocycles. The normalized spacial score (nSPS) is 19.7. The number of unbranched alkanes of at least 4 members (excludes halogenated alkanes) is 2. The van der Waals surface area contributed by atoms with Crippen molar-refractivity contribution in [1.82, 2.24) is 5.01 Å². The Morgan fingerprint density at radius 1 is 1.60 bits per heavy atom. The molecule has 15 heavy (non-hydrogen) atoms. The molecule has 1 atom stereocenters. The maximum absolute atomic E-state index is 8.51. The predicted molar refractivity (Wildman–Crippen MR) is 65.3 cm³/mol. The second kappa shape index (κ2) is 6.85. The monoisotopic (exact) mass is 245 g/mol. The Balaban J connectivity index is 2.41. The number of thiocyanates is 1. The van der Waals surface area contributed by atoms with Crippen LogP contribution in [-0.4, -0.2) is 28.6 Å². The Kier molecular flexibility index (Phi) is 5.73. The minimum Gasteiger partial charge on any atom is -0.436 e. The third kappa shape index (κ3) is 3.84. The van der Waals surface area contributed by atoms with Gasteiger partial charge in [-0.3, -0.25) is 0 Å². The molecule has 84 valence electrons. The highest BCUT2D eigenvalue weighted by Gasteiger charge is 2.26. The van der Waals surface area contributed by atoms with Gasteiger partial charge < -0.3 is 4.74 Å². The third-order valence-corrected chi connectivity index (χ3v) is 3.17. The average Bonchev–Trinajstić information content (AvgIpc) is 2.62. The van der Waals surface area contributed by atoms with Gasteiger partial charge in [0.15, 0.2) is 0 Å². The van der Waals surface area contributed by atoms with Crippen molar-refractivity contribution in [3.8, 4) is 5.40 Å². The van der Waals surface area contributed by atoms with Gasteiger partial charge in [-0.1, -0.05) is 31.5 Å². The lowest BCUT2D eigenvalue weighted by atomic mass is 10.2. The van der Waals surface area contributed by atoms with Gasteiger partial charge in [0.25, 0.3) is 5.23 Å². The molecule has 4 nitrogen and oxygen atoms in total. The number of hydrogen-bond donors (Lipinski definition) is 0. The van der Waals surface area contributed by atoms with Crippen molar-refractivity contribution in [3.05, 3.63) is 0 Å². The van der Waals surface area contributed by atoms with Gasteiger partial charge in [-0.2, -0.15) is 5.26 Å². The quantitative estimate of drug-likeness (QED) is 0.550. The summed E-state index contributed by atoms with van der Waals surface area (Å²) in [5, 5.41) is 17.1. The van der Waals surface area contributed by atoms with Crippen molar-refractivity contribution in [2.45, 2.75) is 31.7 Å². The number of hydrazone groups is 1. The van der Waals surface area contributed by atoms with Crippen molar-refractivity contribution in [1.29, 1.82) is 5.26 Å². The van der Waals surface area contributed by atoms with E-state index in [1.54, 1.807) is 11.8 Å². The number of ether oxygens (including phenoxy) is 1. The molecule has 0 bridgehead atoms. The van der Waals surface area contributed by atoms with Crippen molar-refractivity contribution >= 4 is 28.8 Å². The van der Waals surface area contributed by atoms with Gasteiger partial charge in [0.05, 0.1) is 11.8 Å². The van der Waals surface area contributed by atoms with Crippen LogP contribution in [0.1, 0.15) is 26.2 Å². The van der Waals surface area contributed by atoms with Crippen LogP contribution in [-0.2, 0) is 4.74 Å². The fourth-order valence-corrected chi connectivity index (χ4v) is 2.26. The Morgan fingerprint density at radius 3 is 3.00 bits per heavy atom. The molecule has 6 heteroatoms. The number of nitrogens with zero attached hydrogens (tertiary/aromatic N) is 3. The molecule has 1 heterocycles. The zero-order chi connectivity index (χ0) is 11.1. The molecule has 1 aliphatic heterocycles. The first kappa shape index (κ1) is 12.5. The number of rotatable bonds is 5.